The minimum atomic E-state index is -0.679. The first-order valence-corrected chi connectivity index (χ1v) is 10.7. The monoisotopic (exact) mass is 468 g/mol. The largest absolute Gasteiger partial charge is 0.410 e. The number of carbonyl (C=O) groups excluding carboxylic acids is 4. The predicted molar refractivity (Wildman–Crippen MR) is 119 cm³/mol. The SMILES string of the molecule is O=C1CCC(N2Cc3cc(CNC(=O)/C(Cc4ccc(Cl)cc4)=N/O)ccc3C2=O)C(=O)N1. The molecule has 0 bridgehead atoms. The zero-order valence-corrected chi connectivity index (χ0v) is 18.3. The number of nitrogens with one attached hydrogen (secondary N) is 2. The molecule has 2 aromatic rings. The summed E-state index contributed by atoms with van der Waals surface area (Å²) in [5.41, 5.74) is 2.72. The summed E-state index contributed by atoms with van der Waals surface area (Å²) in [4.78, 5) is 50.2. The summed E-state index contributed by atoms with van der Waals surface area (Å²) in [5, 5.41) is 17.9. The van der Waals surface area contributed by atoms with Crippen LogP contribution in [0.25, 0.3) is 0 Å². The van der Waals surface area contributed by atoms with Crippen molar-refractivity contribution in [2.24, 2.45) is 5.16 Å². The van der Waals surface area contributed by atoms with Crippen LogP contribution in [-0.2, 0) is 33.9 Å². The van der Waals surface area contributed by atoms with E-state index in [1.807, 2.05) is 0 Å². The molecule has 0 radical (unpaired) electrons. The van der Waals surface area contributed by atoms with Gasteiger partial charge in [-0.05, 0) is 41.3 Å². The van der Waals surface area contributed by atoms with Crippen molar-refractivity contribution >= 4 is 40.9 Å². The van der Waals surface area contributed by atoms with E-state index in [1.165, 1.54) is 4.90 Å². The average molecular weight is 469 g/mol. The van der Waals surface area contributed by atoms with E-state index in [0.29, 0.717) is 17.0 Å². The molecule has 3 N–H and O–H groups in total. The van der Waals surface area contributed by atoms with Gasteiger partial charge in [0.05, 0.1) is 0 Å². The molecule has 2 aromatic carbocycles. The van der Waals surface area contributed by atoms with E-state index >= 15 is 0 Å². The van der Waals surface area contributed by atoms with Gasteiger partial charge in [-0.3, -0.25) is 24.5 Å². The average Bonchev–Trinajstić information content (AvgIpc) is 3.12. The Morgan fingerprint density at radius 1 is 1.15 bits per heavy atom. The Kier molecular flexibility index (Phi) is 6.41. The number of piperidine rings is 1. The van der Waals surface area contributed by atoms with Crippen LogP contribution in [-0.4, -0.2) is 45.5 Å². The molecule has 0 aromatic heterocycles. The van der Waals surface area contributed by atoms with Gasteiger partial charge in [0.2, 0.25) is 11.8 Å². The lowest BCUT2D eigenvalue weighted by atomic mass is 10.0. The van der Waals surface area contributed by atoms with Crippen molar-refractivity contribution in [3.05, 3.63) is 69.7 Å². The summed E-state index contributed by atoms with van der Waals surface area (Å²) < 4.78 is 0. The standard InChI is InChI=1S/C23H21ClN4O5/c24-16-4-1-13(2-5-16)10-18(27-33)21(30)25-11-14-3-6-17-15(9-14)12-28(23(17)32)19-7-8-20(29)26-22(19)31/h1-6,9,19,33H,7-8,10-12H2,(H,25,30)(H,26,29,31)/b27-18+. The molecule has 33 heavy (non-hydrogen) atoms. The molecule has 10 heteroatoms. The predicted octanol–water partition coefficient (Wildman–Crippen LogP) is 1.79. The lowest BCUT2D eigenvalue weighted by Gasteiger charge is -2.29. The van der Waals surface area contributed by atoms with E-state index in [1.54, 1.807) is 42.5 Å². The number of halogens is 1. The number of hydrogen-bond acceptors (Lipinski definition) is 6. The van der Waals surface area contributed by atoms with Crippen molar-refractivity contribution < 1.29 is 24.4 Å². The molecule has 9 nitrogen and oxygen atoms in total. The lowest BCUT2D eigenvalue weighted by molar-refractivity contribution is -0.137. The number of oxime groups is 1. The van der Waals surface area contributed by atoms with Crippen LogP contribution in [0.5, 0.6) is 0 Å². The number of carbonyl (C=O) groups is 4. The van der Waals surface area contributed by atoms with Gasteiger partial charge >= 0.3 is 0 Å². The molecule has 4 amide bonds. The number of imide groups is 1. The van der Waals surface area contributed by atoms with Crippen LogP contribution >= 0.6 is 11.6 Å². The normalized spacial score (nSPS) is 18.2. The van der Waals surface area contributed by atoms with Gasteiger partial charge in [0.15, 0.2) is 0 Å². The minimum Gasteiger partial charge on any atom is -0.410 e. The highest BCUT2D eigenvalue weighted by Crippen LogP contribution is 2.28. The summed E-state index contributed by atoms with van der Waals surface area (Å²) in [5.74, 6) is -1.57. The Morgan fingerprint density at radius 3 is 2.58 bits per heavy atom. The number of rotatable bonds is 6. The van der Waals surface area contributed by atoms with Gasteiger partial charge in [-0.15, -0.1) is 0 Å². The van der Waals surface area contributed by atoms with Crippen LogP contribution in [0.4, 0.5) is 0 Å². The molecule has 170 valence electrons. The van der Waals surface area contributed by atoms with Crippen molar-refractivity contribution in [1.82, 2.24) is 15.5 Å². The Morgan fingerprint density at radius 2 is 1.88 bits per heavy atom. The van der Waals surface area contributed by atoms with E-state index in [-0.39, 0.29) is 43.5 Å². The Bertz CT molecular complexity index is 1160. The summed E-state index contributed by atoms with van der Waals surface area (Å²) >= 11 is 5.86. The number of nitrogens with zero attached hydrogens (tertiary/aromatic N) is 2. The molecule has 1 saturated heterocycles. The second kappa shape index (κ2) is 9.41. The zero-order valence-electron chi connectivity index (χ0n) is 17.5. The lowest BCUT2D eigenvalue weighted by Crippen LogP contribution is -2.52. The smallest absolute Gasteiger partial charge is 0.269 e. The maximum absolute atomic E-state index is 12.8. The topological polar surface area (TPSA) is 128 Å². The third-order valence-corrected chi connectivity index (χ3v) is 5.96. The van der Waals surface area contributed by atoms with Crippen LogP contribution in [0.1, 0.15) is 39.9 Å². The van der Waals surface area contributed by atoms with Gasteiger partial charge in [0.1, 0.15) is 11.8 Å². The summed E-state index contributed by atoms with van der Waals surface area (Å²) in [7, 11) is 0. The van der Waals surface area contributed by atoms with Crippen molar-refractivity contribution in [2.75, 3.05) is 0 Å². The highest BCUT2D eigenvalue weighted by atomic mass is 35.5. The van der Waals surface area contributed by atoms with E-state index in [4.69, 9.17) is 11.6 Å². The Labute approximate surface area is 194 Å². The van der Waals surface area contributed by atoms with Crippen LogP contribution in [0.3, 0.4) is 0 Å². The number of benzene rings is 2. The van der Waals surface area contributed by atoms with Crippen LogP contribution < -0.4 is 10.6 Å². The third-order valence-electron chi connectivity index (χ3n) is 5.71. The fourth-order valence-corrected chi connectivity index (χ4v) is 4.10. The first-order valence-electron chi connectivity index (χ1n) is 10.4. The summed E-state index contributed by atoms with van der Waals surface area (Å²) in [6.07, 6.45) is 0.627. The van der Waals surface area contributed by atoms with E-state index in [0.717, 1.165) is 16.7 Å². The van der Waals surface area contributed by atoms with Gasteiger partial charge in [0, 0.05) is 36.5 Å². The maximum Gasteiger partial charge on any atom is 0.269 e. The molecule has 1 fully saturated rings. The molecule has 0 saturated carbocycles. The quantitative estimate of drug-likeness (QED) is 0.258. The van der Waals surface area contributed by atoms with E-state index in [2.05, 4.69) is 15.8 Å². The number of amides is 4. The van der Waals surface area contributed by atoms with Gasteiger partial charge in [-0.1, -0.05) is 41.0 Å². The fourth-order valence-electron chi connectivity index (χ4n) is 3.98. The van der Waals surface area contributed by atoms with E-state index < -0.39 is 17.9 Å². The van der Waals surface area contributed by atoms with Crippen molar-refractivity contribution in [2.45, 2.75) is 38.4 Å². The molecule has 0 aliphatic carbocycles. The zero-order chi connectivity index (χ0) is 23.5. The molecule has 2 aliphatic heterocycles. The van der Waals surface area contributed by atoms with E-state index in [9.17, 15) is 24.4 Å². The van der Waals surface area contributed by atoms with Crippen molar-refractivity contribution in [1.29, 1.82) is 0 Å². The summed E-state index contributed by atoms with van der Waals surface area (Å²) in [6.45, 7) is 0.417. The second-order valence-electron chi connectivity index (χ2n) is 7.92. The van der Waals surface area contributed by atoms with Gasteiger partial charge in [-0.25, -0.2) is 0 Å². The van der Waals surface area contributed by atoms with Crippen LogP contribution in [0.2, 0.25) is 5.02 Å². The first kappa shape index (κ1) is 22.5. The number of hydrogen-bond donors (Lipinski definition) is 3. The molecular weight excluding hydrogens is 448 g/mol. The molecule has 2 aliphatic rings. The molecule has 0 spiro atoms. The third kappa shape index (κ3) is 4.88. The van der Waals surface area contributed by atoms with Gasteiger partial charge in [-0.2, -0.15) is 0 Å². The first-order chi connectivity index (χ1) is 15.9. The van der Waals surface area contributed by atoms with Crippen LogP contribution in [0, 0.1) is 0 Å². The van der Waals surface area contributed by atoms with Gasteiger partial charge < -0.3 is 15.4 Å². The Balaban J connectivity index is 1.38. The highest BCUT2D eigenvalue weighted by molar-refractivity contribution is 6.39. The highest BCUT2D eigenvalue weighted by Gasteiger charge is 2.39. The Hall–Kier alpha value is -3.72. The molecule has 2 heterocycles. The molecule has 1 unspecified atom stereocenters. The molecule has 4 rings (SSSR count). The molecule has 1 atom stereocenters. The molecular formula is C23H21ClN4O5. The minimum absolute atomic E-state index is 0.0438. The van der Waals surface area contributed by atoms with Crippen LogP contribution in [0.15, 0.2) is 47.6 Å². The van der Waals surface area contributed by atoms with Gasteiger partial charge in [0.25, 0.3) is 11.8 Å². The number of fused-ring (bicyclic) bond motifs is 1. The van der Waals surface area contributed by atoms with Crippen molar-refractivity contribution in [3.8, 4) is 0 Å². The maximum atomic E-state index is 12.8. The fraction of sp³-hybridized carbons (Fsp3) is 0.261. The van der Waals surface area contributed by atoms with Crippen molar-refractivity contribution in [3.63, 3.8) is 0 Å². The summed E-state index contributed by atoms with van der Waals surface area (Å²) in [6, 6.07) is 11.4. The second-order valence-corrected chi connectivity index (χ2v) is 8.36.